The molecule has 130 valence electrons. The van der Waals surface area contributed by atoms with Gasteiger partial charge >= 0.3 is 0 Å². The first-order valence-electron chi connectivity index (χ1n) is 7.65. The van der Waals surface area contributed by atoms with Gasteiger partial charge < -0.3 is 4.52 Å². The summed E-state index contributed by atoms with van der Waals surface area (Å²) in [5, 5.41) is 3.95. The van der Waals surface area contributed by atoms with Crippen molar-refractivity contribution in [2.45, 2.75) is 30.6 Å². The molecule has 1 aliphatic carbocycles. The number of rotatable bonds is 5. The summed E-state index contributed by atoms with van der Waals surface area (Å²) in [6.45, 7) is 1.72. The Labute approximate surface area is 147 Å². The molecule has 1 saturated carbocycles. The standard InChI is InChI=1S/C16H14FN3O3S2/c1-9-14(25(21,22)20-12-6-4-11(17)5-7-12)8-13(24-9)15-18-16(23-19-15)10-2-3-10/h4-8,10,20H,2-3H2,1H3. The number of hydrogen-bond acceptors (Lipinski definition) is 6. The predicted molar refractivity (Wildman–Crippen MR) is 91.5 cm³/mol. The van der Waals surface area contributed by atoms with Gasteiger partial charge in [0.1, 0.15) is 10.7 Å². The SMILES string of the molecule is Cc1sc(-c2noc(C3CC3)n2)cc1S(=O)(=O)Nc1ccc(F)cc1. The molecule has 4 rings (SSSR count). The molecule has 0 saturated heterocycles. The first-order chi connectivity index (χ1) is 11.9. The van der Waals surface area contributed by atoms with Crippen LogP contribution in [0.25, 0.3) is 10.7 Å². The molecule has 3 aromatic rings. The normalized spacial score (nSPS) is 14.6. The lowest BCUT2D eigenvalue weighted by Gasteiger charge is -2.07. The van der Waals surface area contributed by atoms with Gasteiger partial charge in [-0.05, 0) is 50.1 Å². The molecule has 0 unspecified atom stereocenters. The summed E-state index contributed by atoms with van der Waals surface area (Å²) < 4.78 is 45.9. The van der Waals surface area contributed by atoms with Crippen LogP contribution in [0.15, 0.2) is 39.8 Å². The molecule has 1 aliphatic rings. The zero-order valence-electron chi connectivity index (χ0n) is 13.2. The number of nitrogens with one attached hydrogen (secondary N) is 1. The van der Waals surface area contributed by atoms with Gasteiger partial charge in [-0.2, -0.15) is 4.98 Å². The molecule has 1 N–H and O–H groups in total. The maximum absolute atomic E-state index is 13.0. The van der Waals surface area contributed by atoms with E-state index in [2.05, 4.69) is 14.9 Å². The van der Waals surface area contributed by atoms with Gasteiger partial charge in [-0.15, -0.1) is 11.3 Å². The Morgan fingerprint density at radius 2 is 2.00 bits per heavy atom. The molecule has 0 aliphatic heterocycles. The molecular weight excluding hydrogens is 365 g/mol. The van der Waals surface area contributed by atoms with Crippen LogP contribution in [0.3, 0.4) is 0 Å². The lowest BCUT2D eigenvalue weighted by Crippen LogP contribution is -2.13. The number of hydrogen-bond donors (Lipinski definition) is 1. The smallest absolute Gasteiger partial charge is 0.263 e. The highest BCUT2D eigenvalue weighted by molar-refractivity contribution is 7.93. The molecular formula is C16H14FN3O3S2. The van der Waals surface area contributed by atoms with Gasteiger partial charge in [0.15, 0.2) is 0 Å². The Bertz CT molecular complexity index is 1020. The Morgan fingerprint density at radius 3 is 2.68 bits per heavy atom. The molecule has 0 radical (unpaired) electrons. The van der Waals surface area contributed by atoms with E-state index in [0.29, 0.717) is 33.1 Å². The van der Waals surface area contributed by atoms with Crippen molar-refractivity contribution in [3.8, 4) is 10.7 Å². The van der Waals surface area contributed by atoms with Crippen molar-refractivity contribution < 1.29 is 17.3 Å². The van der Waals surface area contributed by atoms with E-state index < -0.39 is 15.8 Å². The molecule has 25 heavy (non-hydrogen) atoms. The van der Waals surface area contributed by atoms with E-state index in [1.54, 1.807) is 6.92 Å². The summed E-state index contributed by atoms with van der Waals surface area (Å²) in [7, 11) is -3.79. The van der Waals surface area contributed by atoms with Crippen LogP contribution in [0.5, 0.6) is 0 Å². The molecule has 0 atom stereocenters. The first-order valence-corrected chi connectivity index (χ1v) is 9.95. The zero-order valence-corrected chi connectivity index (χ0v) is 14.8. The quantitative estimate of drug-likeness (QED) is 0.726. The average Bonchev–Trinajstić information content (AvgIpc) is 3.15. The summed E-state index contributed by atoms with van der Waals surface area (Å²) in [6.07, 6.45) is 2.10. The number of thiophene rings is 1. The molecule has 0 amide bonds. The van der Waals surface area contributed by atoms with Gasteiger partial charge in [0, 0.05) is 16.5 Å². The summed E-state index contributed by atoms with van der Waals surface area (Å²) in [6, 6.07) is 6.67. The summed E-state index contributed by atoms with van der Waals surface area (Å²) in [4.78, 5) is 5.74. The van der Waals surface area contributed by atoms with E-state index in [1.807, 2.05) is 0 Å². The second kappa shape index (κ2) is 5.92. The highest BCUT2D eigenvalue weighted by Crippen LogP contribution is 2.40. The van der Waals surface area contributed by atoms with Gasteiger partial charge in [0.25, 0.3) is 10.0 Å². The molecule has 2 heterocycles. The van der Waals surface area contributed by atoms with Crippen LogP contribution in [0, 0.1) is 12.7 Å². The summed E-state index contributed by atoms with van der Waals surface area (Å²) in [5.74, 6) is 0.916. The first kappa shape index (κ1) is 16.2. The van der Waals surface area contributed by atoms with Crippen molar-refractivity contribution in [2.24, 2.45) is 0 Å². The maximum Gasteiger partial charge on any atom is 0.263 e. The summed E-state index contributed by atoms with van der Waals surface area (Å²) >= 11 is 1.29. The zero-order chi connectivity index (χ0) is 17.6. The molecule has 6 nitrogen and oxygen atoms in total. The minimum atomic E-state index is -3.79. The fraction of sp³-hybridized carbons (Fsp3) is 0.250. The molecule has 1 aromatic carbocycles. The number of sulfonamides is 1. The van der Waals surface area contributed by atoms with Crippen molar-refractivity contribution in [3.63, 3.8) is 0 Å². The Morgan fingerprint density at radius 1 is 1.28 bits per heavy atom. The Kier molecular flexibility index (Phi) is 3.84. The van der Waals surface area contributed by atoms with E-state index in [1.165, 1.54) is 41.7 Å². The molecule has 1 fully saturated rings. The fourth-order valence-electron chi connectivity index (χ4n) is 2.40. The van der Waals surface area contributed by atoms with Gasteiger partial charge in [-0.25, -0.2) is 12.8 Å². The molecule has 0 spiro atoms. The van der Waals surface area contributed by atoms with Crippen molar-refractivity contribution >= 4 is 27.0 Å². The number of aryl methyl sites for hydroxylation is 1. The summed E-state index contributed by atoms with van der Waals surface area (Å²) in [5.41, 5.74) is 0.295. The number of benzene rings is 1. The molecule has 2 aromatic heterocycles. The molecule has 0 bridgehead atoms. The largest absolute Gasteiger partial charge is 0.339 e. The van der Waals surface area contributed by atoms with Gasteiger partial charge in [-0.3, -0.25) is 4.72 Å². The number of nitrogens with zero attached hydrogens (tertiary/aromatic N) is 2. The van der Waals surface area contributed by atoms with E-state index in [9.17, 15) is 12.8 Å². The minimum Gasteiger partial charge on any atom is -0.339 e. The van der Waals surface area contributed by atoms with E-state index in [4.69, 9.17) is 4.52 Å². The predicted octanol–water partition coefficient (Wildman–Crippen LogP) is 3.92. The lowest BCUT2D eigenvalue weighted by molar-refractivity contribution is 0.380. The molecule has 9 heteroatoms. The van der Waals surface area contributed by atoms with Crippen LogP contribution in [-0.2, 0) is 10.0 Å². The third kappa shape index (κ3) is 3.29. The maximum atomic E-state index is 13.0. The van der Waals surface area contributed by atoms with Crippen molar-refractivity contribution in [1.82, 2.24) is 10.1 Å². The number of aromatic nitrogens is 2. The minimum absolute atomic E-state index is 0.148. The highest BCUT2D eigenvalue weighted by Gasteiger charge is 2.30. The van der Waals surface area contributed by atoms with Crippen molar-refractivity contribution in [3.05, 3.63) is 46.9 Å². The van der Waals surface area contributed by atoms with Gasteiger partial charge in [-0.1, -0.05) is 5.16 Å². The second-order valence-electron chi connectivity index (χ2n) is 5.87. The van der Waals surface area contributed by atoms with Crippen LogP contribution in [0.2, 0.25) is 0 Å². The topological polar surface area (TPSA) is 85.1 Å². The number of anilines is 1. The van der Waals surface area contributed by atoms with Crippen molar-refractivity contribution in [2.75, 3.05) is 4.72 Å². The Hall–Kier alpha value is -2.26. The van der Waals surface area contributed by atoms with Crippen molar-refractivity contribution in [1.29, 1.82) is 0 Å². The van der Waals surface area contributed by atoms with Crippen LogP contribution in [0.1, 0.15) is 29.5 Å². The monoisotopic (exact) mass is 379 g/mol. The van der Waals surface area contributed by atoms with E-state index in [0.717, 1.165) is 12.8 Å². The number of halogens is 1. The van der Waals surface area contributed by atoms with Gasteiger partial charge in [0.2, 0.25) is 11.7 Å². The van der Waals surface area contributed by atoms with Crippen LogP contribution in [0.4, 0.5) is 10.1 Å². The Balaban J connectivity index is 1.62. The lowest BCUT2D eigenvalue weighted by atomic mass is 10.3. The van der Waals surface area contributed by atoms with Crippen LogP contribution >= 0.6 is 11.3 Å². The third-order valence-corrected chi connectivity index (χ3v) is 6.53. The van der Waals surface area contributed by atoms with Crippen LogP contribution < -0.4 is 4.72 Å². The fourth-order valence-corrected chi connectivity index (χ4v) is 4.98. The second-order valence-corrected chi connectivity index (χ2v) is 8.78. The van der Waals surface area contributed by atoms with E-state index >= 15 is 0 Å². The van der Waals surface area contributed by atoms with Gasteiger partial charge in [0.05, 0.1) is 4.88 Å². The highest BCUT2D eigenvalue weighted by atomic mass is 32.2. The average molecular weight is 379 g/mol. The third-order valence-electron chi connectivity index (χ3n) is 3.85. The van der Waals surface area contributed by atoms with Crippen LogP contribution in [-0.4, -0.2) is 18.6 Å². The van der Waals surface area contributed by atoms with E-state index in [-0.39, 0.29) is 4.90 Å².